The molecule has 1 saturated heterocycles. The average Bonchev–Trinajstić information content (AvgIpc) is 2.63. The van der Waals surface area contributed by atoms with E-state index in [0.29, 0.717) is 16.8 Å². The van der Waals surface area contributed by atoms with Gasteiger partial charge < -0.3 is 4.90 Å². The summed E-state index contributed by atoms with van der Waals surface area (Å²) in [5.74, 6) is -0.0440. The fourth-order valence-corrected chi connectivity index (χ4v) is 4.58. The van der Waals surface area contributed by atoms with E-state index >= 15 is 0 Å². The first-order valence-electron chi connectivity index (χ1n) is 8.86. The number of nitrogens with zero attached hydrogens (tertiary/aromatic N) is 1. The van der Waals surface area contributed by atoms with Crippen molar-refractivity contribution in [1.29, 1.82) is 0 Å². The van der Waals surface area contributed by atoms with Crippen LogP contribution in [0.3, 0.4) is 0 Å². The topological polar surface area (TPSA) is 66.5 Å². The van der Waals surface area contributed by atoms with Gasteiger partial charge in [-0.15, -0.1) is 0 Å². The van der Waals surface area contributed by atoms with Crippen molar-refractivity contribution in [2.75, 3.05) is 17.8 Å². The largest absolute Gasteiger partial charge is 0.339 e. The van der Waals surface area contributed by atoms with Crippen molar-refractivity contribution in [1.82, 2.24) is 4.90 Å². The molecule has 1 N–H and O–H groups in total. The lowest BCUT2D eigenvalue weighted by Crippen LogP contribution is -2.35. The predicted octanol–water partition coefficient (Wildman–Crippen LogP) is 3.73. The molecule has 0 aromatic heterocycles. The average molecular weight is 372 g/mol. The van der Waals surface area contributed by atoms with Crippen LogP contribution in [0.2, 0.25) is 0 Å². The molecule has 1 aliphatic rings. The molecule has 26 heavy (non-hydrogen) atoms. The number of amides is 1. The molecule has 2 aromatic carbocycles. The molecule has 1 amide bonds. The van der Waals surface area contributed by atoms with Gasteiger partial charge in [-0.05, 0) is 68.5 Å². The quantitative estimate of drug-likeness (QED) is 0.889. The van der Waals surface area contributed by atoms with E-state index in [4.69, 9.17) is 0 Å². The summed E-state index contributed by atoms with van der Waals surface area (Å²) in [5, 5.41) is 0. The van der Waals surface area contributed by atoms with E-state index in [0.717, 1.165) is 37.9 Å². The summed E-state index contributed by atoms with van der Waals surface area (Å²) in [5.41, 5.74) is 2.47. The predicted molar refractivity (Wildman–Crippen MR) is 103 cm³/mol. The van der Waals surface area contributed by atoms with Crippen LogP contribution < -0.4 is 4.72 Å². The molecule has 0 radical (unpaired) electrons. The van der Waals surface area contributed by atoms with Crippen molar-refractivity contribution in [3.05, 3.63) is 59.2 Å². The summed E-state index contributed by atoms with van der Waals surface area (Å²) in [6.07, 6.45) is 3.19. The third-order valence-corrected chi connectivity index (χ3v) is 6.16. The molecule has 3 rings (SSSR count). The van der Waals surface area contributed by atoms with E-state index < -0.39 is 10.0 Å². The van der Waals surface area contributed by atoms with Crippen molar-refractivity contribution in [2.45, 2.75) is 38.0 Å². The third kappa shape index (κ3) is 4.07. The Balaban J connectivity index is 1.84. The summed E-state index contributed by atoms with van der Waals surface area (Å²) in [7, 11) is -3.71. The zero-order valence-corrected chi connectivity index (χ0v) is 16.0. The Morgan fingerprint density at radius 1 is 1.00 bits per heavy atom. The van der Waals surface area contributed by atoms with Gasteiger partial charge in [-0.25, -0.2) is 8.42 Å². The van der Waals surface area contributed by atoms with Crippen LogP contribution in [0.1, 0.15) is 40.7 Å². The zero-order valence-electron chi connectivity index (χ0n) is 15.2. The van der Waals surface area contributed by atoms with Gasteiger partial charge in [0.25, 0.3) is 15.9 Å². The summed E-state index contributed by atoms with van der Waals surface area (Å²) in [6, 6.07) is 12.0. The molecule has 0 unspecified atom stereocenters. The Bertz CT molecular complexity index is 916. The Hall–Kier alpha value is -2.34. The van der Waals surface area contributed by atoms with Crippen molar-refractivity contribution in [3.63, 3.8) is 0 Å². The van der Waals surface area contributed by atoms with Gasteiger partial charge in [0.05, 0.1) is 4.90 Å². The monoisotopic (exact) mass is 372 g/mol. The van der Waals surface area contributed by atoms with Crippen molar-refractivity contribution in [3.8, 4) is 0 Å². The van der Waals surface area contributed by atoms with Crippen LogP contribution in [0.4, 0.5) is 5.69 Å². The number of anilines is 1. The first kappa shape index (κ1) is 18.5. The highest BCUT2D eigenvalue weighted by Crippen LogP contribution is 2.22. The van der Waals surface area contributed by atoms with Crippen molar-refractivity contribution < 1.29 is 13.2 Å². The van der Waals surface area contributed by atoms with Gasteiger partial charge in [0.15, 0.2) is 0 Å². The second-order valence-electron chi connectivity index (χ2n) is 6.81. The number of carbonyl (C=O) groups excluding carboxylic acids is 1. The SMILES string of the molecule is Cc1ccc(C)c(S(=O)(=O)Nc2cccc(C(=O)N3CCCCC3)c2)c1. The number of hydrogen-bond donors (Lipinski definition) is 1. The second-order valence-corrected chi connectivity index (χ2v) is 8.46. The minimum Gasteiger partial charge on any atom is -0.339 e. The Morgan fingerprint density at radius 3 is 2.46 bits per heavy atom. The molecule has 0 aliphatic carbocycles. The molecule has 2 aromatic rings. The number of likely N-dealkylation sites (tertiary alicyclic amines) is 1. The fourth-order valence-electron chi connectivity index (χ4n) is 3.20. The number of rotatable bonds is 4. The van der Waals surface area contributed by atoms with Crippen LogP contribution in [-0.2, 0) is 10.0 Å². The molecular weight excluding hydrogens is 348 g/mol. The van der Waals surface area contributed by atoms with Gasteiger partial charge in [0.2, 0.25) is 0 Å². The highest BCUT2D eigenvalue weighted by molar-refractivity contribution is 7.92. The number of aryl methyl sites for hydroxylation is 2. The maximum absolute atomic E-state index is 12.8. The lowest BCUT2D eigenvalue weighted by Gasteiger charge is -2.26. The fraction of sp³-hybridized carbons (Fsp3) is 0.350. The number of nitrogens with one attached hydrogen (secondary N) is 1. The molecule has 138 valence electrons. The van der Waals surface area contributed by atoms with Gasteiger partial charge in [0.1, 0.15) is 0 Å². The molecule has 5 nitrogen and oxygen atoms in total. The molecule has 0 spiro atoms. The summed E-state index contributed by atoms with van der Waals surface area (Å²) in [6.45, 7) is 5.15. The van der Waals surface area contributed by atoms with Gasteiger partial charge in [0, 0.05) is 24.3 Å². The van der Waals surface area contributed by atoms with Crippen molar-refractivity contribution >= 4 is 21.6 Å². The highest BCUT2D eigenvalue weighted by atomic mass is 32.2. The van der Waals surface area contributed by atoms with Gasteiger partial charge in [-0.2, -0.15) is 0 Å². The Kier molecular flexibility index (Phi) is 5.32. The number of carbonyl (C=O) groups is 1. The maximum Gasteiger partial charge on any atom is 0.262 e. The highest BCUT2D eigenvalue weighted by Gasteiger charge is 2.20. The standard InChI is InChI=1S/C20H24N2O3S/c1-15-9-10-16(2)19(13-15)26(24,25)21-18-8-6-7-17(14-18)20(23)22-11-4-3-5-12-22/h6-10,13-14,21H,3-5,11-12H2,1-2H3. The lowest BCUT2D eigenvalue weighted by molar-refractivity contribution is 0.0724. The van der Waals surface area contributed by atoms with E-state index in [9.17, 15) is 13.2 Å². The minimum absolute atomic E-state index is 0.0440. The van der Waals surface area contributed by atoms with Crippen LogP contribution in [-0.4, -0.2) is 32.3 Å². The number of benzene rings is 2. The lowest BCUT2D eigenvalue weighted by atomic mass is 10.1. The van der Waals surface area contributed by atoms with Crippen LogP contribution in [0, 0.1) is 13.8 Å². The number of piperidine rings is 1. The van der Waals surface area contributed by atoms with Crippen LogP contribution >= 0.6 is 0 Å². The van der Waals surface area contributed by atoms with Crippen LogP contribution in [0.5, 0.6) is 0 Å². The molecule has 1 aliphatic heterocycles. The van der Waals surface area contributed by atoms with Gasteiger partial charge in [-0.3, -0.25) is 9.52 Å². The van der Waals surface area contributed by atoms with Crippen LogP contribution in [0.15, 0.2) is 47.4 Å². The molecule has 0 atom stereocenters. The maximum atomic E-state index is 12.8. The van der Waals surface area contributed by atoms with E-state index in [-0.39, 0.29) is 10.8 Å². The van der Waals surface area contributed by atoms with Crippen molar-refractivity contribution in [2.24, 2.45) is 0 Å². The third-order valence-electron chi connectivity index (χ3n) is 4.64. The summed E-state index contributed by atoms with van der Waals surface area (Å²) in [4.78, 5) is 14.7. The first-order chi connectivity index (χ1) is 12.4. The number of hydrogen-bond acceptors (Lipinski definition) is 3. The van der Waals surface area contributed by atoms with Crippen LogP contribution in [0.25, 0.3) is 0 Å². The normalized spacial score (nSPS) is 14.9. The van der Waals surface area contributed by atoms with Gasteiger partial charge in [-0.1, -0.05) is 18.2 Å². The van der Waals surface area contributed by atoms with E-state index in [1.807, 2.05) is 17.9 Å². The summed E-state index contributed by atoms with van der Waals surface area (Å²) >= 11 is 0. The molecule has 6 heteroatoms. The first-order valence-corrected chi connectivity index (χ1v) is 10.3. The van der Waals surface area contributed by atoms with E-state index in [1.165, 1.54) is 0 Å². The molecule has 1 heterocycles. The molecular formula is C20H24N2O3S. The Morgan fingerprint density at radius 2 is 1.73 bits per heavy atom. The number of sulfonamides is 1. The smallest absolute Gasteiger partial charge is 0.262 e. The second kappa shape index (κ2) is 7.50. The minimum atomic E-state index is -3.71. The van der Waals surface area contributed by atoms with E-state index in [2.05, 4.69) is 4.72 Å². The molecule has 0 bridgehead atoms. The molecule has 1 fully saturated rings. The van der Waals surface area contributed by atoms with Gasteiger partial charge >= 0.3 is 0 Å². The zero-order chi connectivity index (χ0) is 18.7. The molecule has 0 saturated carbocycles. The van der Waals surface area contributed by atoms with E-state index in [1.54, 1.807) is 43.3 Å². The Labute approximate surface area is 155 Å². The summed E-state index contributed by atoms with van der Waals surface area (Å²) < 4.78 is 28.1.